The van der Waals surface area contributed by atoms with Crippen LogP contribution in [0.25, 0.3) is 21.9 Å². The zero-order chi connectivity index (χ0) is 17.3. The summed E-state index contributed by atoms with van der Waals surface area (Å²) in [6.07, 6.45) is 0. The van der Waals surface area contributed by atoms with Gasteiger partial charge in [0.05, 0.1) is 24.3 Å². The number of ether oxygens (including phenoxy) is 1. The number of halogens is 2. The van der Waals surface area contributed by atoms with E-state index in [1.807, 2.05) is 6.07 Å². The number of hydrogen-bond acceptors (Lipinski definition) is 3. The molecule has 0 aliphatic rings. The Balaban J connectivity index is 2.39. The monoisotopic (exact) mass is 323 g/mol. The molecular weight excluding hydrogens is 312 g/mol. The largest absolute Gasteiger partial charge is 0.465 e. The van der Waals surface area contributed by atoms with E-state index in [9.17, 15) is 18.8 Å². The zero-order valence-electron chi connectivity index (χ0n) is 12.6. The van der Waals surface area contributed by atoms with Gasteiger partial charge in [0.25, 0.3) is 0 Å². The number of fused-ring (bicyclic) bond motifs is 1. The van der Waals surface area contributed by atoms with Gasteiger partial charge in [-0.1, -0.05) is 12.1 Å². The summed E-state index contributed by atoms with van der Waals surface area (Å²) >= 11 is 0. The van der Waals surface area contributed by atoms with Gasteiger partial charge >= 0.3 is 5.97 Å². The lowest BCUT2D eigenvalue weighted by Gasteiger charge is -2.11. The Morgan fingerprint density at radius 3 is 2.50 bits per heavy atom. The molecule has 5 heteroatoms. The second-order valence-electron chi connectivity index (χ2n) is 5.15. The van der Waals surface area contributed by atoms with Gasteiger partial charge in [0.1, 0.15) is 11.6 Å². The maximum atomic E-state index is 14.3. The first-order valence-electron chi connectivity index (χ1n) is 7.05. The molecule has 0 atom stereocenters. The van der Waals surface area contributed by atoms with E-state index in [2.05, 4.69) is 0 Å². The van der Waals surface area contributed by atoms with Gasteiger partial charge in [-0.2, -0.15) is 5.26 Å². The highest BCUT2D eigenvalue weighted by Gasteiger charge is 2.16. The van der Waals surface area contributed by atoms with Gasteiger partial charge in [0.2, 0.25) is 0 Å². The van der Waals surface area contributed by atoms with Gasteiger partial charge in [-0.3, -0.25) is 0 Å². The second kappa shape index (κ2) is 6.09. The van der Waals surface area contributed by atoms with Gasteiger partial charge in [-0.25, -0.2) is 13.6 Å². The first-order valence-corrected chi connectivity index (χ1v) is 7.05. The Morgan fingerprint density at radius 1 is 1.08 bits per heavy atom. The highest BCUT2D eigenvalue weighted by molar-refractivity contribution is 6.03. The quantitative estimate of drug-likeness (QED) is 0.655. The van der Waals surface area contributed by atoms with E-state index in [-0.39, 0.29) is 16.7 Å². The Labute approximate surface area is 136 Å². The first-order chi connectivity index (χ1) is 11.5. The molecule has 3 aromatic carbocycles. The summed E-state index contributed by atoms with van der Waals surface area (Å²) in [6.45, 7) is 0. The molecule has 24 heavy (non-hydrogen) atoms. The van der Waals surface area contributed by atoms with E-state index in [0.29, 0.717) is 10.9 Å². The predicted octanol–water partition coefficient (Wildman–Crippen LogP) is 4.44. The molecule has 0 saturated carbocycles. The highest BCUT2D eigenvalue weighted by Crippen LogP contribution is 2.34. The molecule has 0 saturated heterocycles. The molecule has 0 aliphatic carbocycles. The van der Waals surface area contributed by atoms with Crippen molar-refractivity contribution in [2.75, 3.05) is 7.11 Å². The van der Waals surface area contributed by atoms with Crippen molar-refractivity contribution < 1.29 is 18.3 Å². The average molecular weight is 323 g/mol. The number of carbonyl (C=O) groups is 1. The van der Waals surface area contributed by atoms with Crippen molar-refractivity contribution in [2.45, 2.75) is 0 Å². The van der Waals surface area contributed by atoms with Crippen LogP contribution in [0.2, 0.25) is 0 Å². The van der Waals surface area contributed by atoms with E-state index in [1.165, 1.54) is 13.2 Å². The second-order valence-corrected chi connectivity index (χ2v) is 5.15. The maximum absolute atomic E-state index is 14.3. The minimum absolute atomic E-state index is 0.0977. The zero-order valence-corrected chi connectivity index (χ0v) is 12.6. The minimum atomic E-state index is -0.775. The van der Waals surface area contributed by atoms with Gasteiger partial charge in [0.15, 0.2) is 0 Å². The standard InChI is InChI=1S/C19H11F2NO2/c1-24-19(23)12-4-2-11-3-5-13(10-22)18(16(11)8-12)15-7-6-14(20)9-17(15)21/h2-9H,1H3. The molecule has 0 bridgehead atoms. The molecule has 118 valence electrons. The van der Waals surface area contributed by atoms with Crippen molar-refractivity contribution in [1.29, 1.82) is 5.26 Å². The van der Waals surface area contributed by atoms with E-state index < -0.39 is 17.6 Å². The fourth-order valence-electron chi connectivity index (χ4n) is 2.64. The fourth-order valence-corrected chi connectivity index (χ4v) is 2.64. The minimum Gasteiger partial charge on any atom is -0.465 e. The van der Waals surface area contributed by atoms with Crippen LogP contribution in [-0.4, -0.2) is 13.1 Å². The predicted molar refractivity (Wildman–Crippen MR) is 85.4 cm³/mol. The Bertz CT molecular complexity index is 1010. The van der Waals surface area contributed by atoms with Crippen molar-refractivity contribution in [2.24, 2.45) is 0 Å². The molecule has 0 spiro atoms. The molecule has 3 rings (SSSR count). The van der Waals surface area contributed by atoms with E-state index in [0.717, 1.165) is 17.5 Å². The fraction of sp³-hybridized carbons (Fsp3) is 0.0526. The summed E-state index contributed by atoms with van der Waals surface area (Å²) in [6, 6.07) is 13.3. The van der Waals surface area contributed by atoms with Crippen LogP contribution in [0.3, 0.4) is 0 Å². The topological polar surface area (TPSA) is 50.1 Å². The van der Waals surface area contributed by atoms with Crippen molar-refractivity contribution in [1.82, 2.24) is 0 Å². The maximum Gasteiger partial charge on any atom is 0.337 e. The van der Waals surface area contributed by atoms with Crippen LogP contribution < -0.4 is 0 Å². The SMILES string of the molecule is COC(=O)c1ccc2ccc(C#N)c(-c3ccc(F)cc3F)c2c1. The molecular formula is C19H11F2NO2. The molecule has 0 fully saturated rings. The third-order valence-electron chi connectivity index (χ3n) is 3.76. The summed E-state index contributed by atoms with van der Waals surface area (Å²) < 4.78 is 32.2. The Hall–Kier alpha value is -3.26. The molecule has 3 nitrogen and oxygen atoms in total. The third kappa shape index (κ3) is 2.59. The summed E-state index contributed by atoms with van der Waals surface area (Å²) in [7, 11) is 1.26. The summed E-state index contributed by atoms with van der Waals surface area (Å²) in [4.78, 5) is 11.8. The number of esters is 1. The van der Waals surface area contributed by atoms with Gasteiger partial charge in [-0.05, 0) is 41.1 Å². The van der Waals surface area contributed by atoms with Crippen LogP contribution >= 0.6 is 0 Å². The summed E-state index contributed by atoms with van der Waals surface area (Å²) in [5, 5.41) is 10.6. The van der Waals surface area contributed by atoms with Crippen molar-refractivity contribution in [3.05, 3.63) is 71.3 Å². The summed E-state index contributed by atoms with van der Waals surface area (Å²) in [5.74, 6) is -2.02. The molecule has 0 N–H and O–H groups in total. The van der Waals surface area contributed by atoms with Gasteiger partial charge in [0, 0.05) is 17.2 Å². The number of carbonyl (C=O) groups excluding carboxylic acids is 1. The van der Waals surface area contributed by atoms with Crippen LogP contribution in [0.1, 0.15) is 15.9 Å². The summed E-state index contributed by atoms with van der Waals surface area (Å²) in [5.41, 5.74) is 0.928. The highest BCUT2D eigenvalue weighted by atomic mass is 19.1. The molecule has 0 amide bonds. The Kier molecular flexibility index (Phi) is 3.97. The molecule has 0 radical (unpaired) electrons. The van der Waals surface area contributed by atoms with E-state index in [4.69, 9.17) is 4.74 Å². The third-order valence-corrected chi connectivity index (χ3v) is 3.76. The van der Waals surface area contributed by atoms with Crippen LogP contribution in [0, 0.1) is 23.0 Å². The van der Waals surface area contributed by atoms with E-state index in [1.54, 1.807) is 30.3 Å². The van der Waals surface area contributed by atoms with E-state index >= 15 is 0 Å². The number of hydrogen-bond donors (Lipinski definition) is 0. The van der Waals surface area contributed by atoms with Gasteiger partial charge < -0.3 is 4.74 Å². The lowest BCUT2D eigenvalue weighted by molar-refractivity contribution is 0.0601. The van der Waals surface area contributed by atoms with Gasteiger partial charge in [-0.15, -0.1) is 0 Å². The number of methoxy groups -OCH3 is 1. The lowest BCUT2D eigenvalue weighted by Crippen LogP contribution is -2.01. The lowest BCUT2D eigenvalue weighted by atomic mass is 9.92. The number of nitriles is 1. The van der Waals surface area contributed by atoms with Crippen LogP contribution in [0.5, 0.6) is 0 Å². The average Bonchev–Trinajstić information content (AvgIpc) is 2.60. The van der Waals surface area contributed by atoms with Crippen LogP contribution in [0.4, 0.5) is 8.78 Å². The van der Waals surface area contributed by atoms with Crippen LogP contribution in [-0.2, 0) is 4.74 Å². The molecule has 0 aromatic heterocycles. The number of benzene rings is 3. The number of rotatable bonds is 2. The molecule has 0 aliphatic heterocycles. The smallest absolute Gasteiger partial charge is 0.337 e. The van der Waals surface area contributed by atoms with Crippen molar-refractivity contribution >= 4 is 16.7 Å². The molecule has 0 heterocycles. The van der Waals surface area contributed by atoms with Crippen molar-refractivity contribution in [3.8, 4) is 17.2 Å². The molecule has 0 unspecified atom stereocenters. The first kappa shape index (κ1) is 15.6. The number of nitrogens with zero attached hydrogens (tertiary/aromatic N) is 1. The molecule has 3 aromatic rings. The Morgan fingerprint density at radius 2 is 1.83 bits per heavy atom. The van der Waals surface area contributed by atoms with Crippen molar-refractivity contribution in [3.63, 3.8) is 0 Å². The normalized spacial score (nSPS) is 10.4. The van der Waals surface area contributed by atoms with Crippen LogP contribution in [0.15, 0.2) is 48.5 Å².